The minimum absolute atomic E-state index is 0.0603. The molecule has 7 nitrogen and oxygen atoms in total. The molecule has 0 amide bonds. The second-order valence-electron chi connectivity index (χ2n) is 10.9. The van der Waals surface area contributed by atoms with Gasteiger partial charge in [-0.05, 0) is 79.6 Å². The van der Waals surface area contributed by atoms with E-state index < -0.39 is 0 Å². The van der Waals surface area contributed by atoms with Crippen LogP contribution in [-0.2, 0) is 18.6 Å². The van der Waals surface area contributed by atoms with Crippen LogP contribution in [0.5, 0.6) is 0 Å². The first-order chi connectivity index (χ1) is 16.5. The molecular weight excluding hydrogens is 436 g/mol. The van der Waals surface area contributed by atoms with Gasteiger partial charge in [0.25, 0.3) is 5.56 Å². The van der Waals surface area contributed by atoms with Crippen LogP contribution in [0.3, 0.4) is 0 Å². The summed E-state index contributed by atoms with van der Waals surface area (Å²) >= 11 is 0. The Balaban J connectivity index is 1.80. The molecule has 0 aliphatic rings. The molecule has 1 atom stereocenters. The summed E-state index contributed by atoms with van der Waals surface area (Å²) in [6.45, 7) is 15.9. The van der Waals surface area contributed by atoms with E-state index in [4.69, 9.17) is 0 Å². The van der Waals surface area contributed by atoms with E-state index in [9.17, 15) is 4.79 Å². The van der Waals surface area contributed by atoms with Crippen molar-refractivity contribution in [1.82, 2.24) is 30.1 Å². The Hall–Kier alpha value is -3.32. The van der Waals surface area contributed by atoms with E-state index in [0.29, 0.717) is 13.1 Å². The highest BCUT2D eigenvalue weighted by atomic mass is 16.1. The zero-order chi connectivity index (χ0) is 25.3. The smallest absolute Gasteiger partial charge is 0.252 e. The van der Waals surface area contributed by atoms with E-state index >= 15 is 0 Å². The average molecular weight is 473 g/mol. The summed E-state index contributed by atoms with van der Waals surface area (Å²) in [5.74, 6) is 1.03. The molecule has 0 saturated heterocycles. The SMILES string of the molecule is Cc1ccc(CN(Cc2cc3ccc(C)cc3[nH]c2=O)C(c2nnnn2C(C)(C)C)C(C)C)cc1. The van der Waals surface area contributed by atoms with Gasteiger partial charge in [-0.1, -0.05) is 55.8 Å². The van der Waals surface area contributed by atoms with Gasteiger partial charge in [-0.3, -0.25) is 9.69 Å². The predicted octanol–water partition coefficient (Wildman–Crippen LogP) is 5.29. The van der Waals surface area contributed by atoms with Crippen LogP contribution in [0.4, 0.5) is 0 Å². The van der Waals surface area contributed by atoms with Crippen molar-refractivity contribution < 1.29 is 0 Å². The second kappa shape index (κ2) is 9.74. The van der Waals surface area contributed by atoms with E-state index in [-0.39, 0.29) is 23.1 Å². The average Bonchev–Trinajstić information content (AvgIpc) is 3.25. The Morgan fingerprint density at radius 3 is 2.31 bits per heavy atom. The first-order valence-electron chi connectivity index (χ1n) is 12.2. The number of tetrazole rings is 1. The molecule has 0 fully saturated rings. The van der Waals surface area contributed by atoms with Gasteiger partial charge >= 0.3 is 0 Å². The maximum absolute atomic E-state index is 13.2. The van der Waals surface area contributed by atoms with Gasteiger partial charge in [0.1, 0.15) is 0 Å². The number of hydrogen-bond donors (Lipinski definition) is 1. The van der Waals surface area contributed by atoms with E-state index in [0.717, 1.165) is 27.9 Å². The van der Waals surface area contributed by atoms with Gasteiger partial charge in [0.15, 0.2) is 5.82 Å². The lowest BCUT2D eigenvalue weighted by atomic mass is 9.98. The van der Waals surface area contributed by atoms with Crippen molar-refractivity contribution in [2.75, 3.05) is 0 Å². The van der Waals surface area contributed by atoms with Crippen molar-refractivity contribution in [3.8, 4) is 0 Å². The number of aryl methyl sites for hydroxylation is 2. The number of H-pyrrole nitrogens is 1. The summed E-state index contributed by atoms with van der Waals surface area (Å²) in [6, 6.07) is 16.6. The summed E-state index contributed by atoms with van der Waals surface area (Å²) < 4.78 is 1.91. The fourth-order valence-corrected chi connectivity index (χ4v) is 4.62. The summed E-state index contributed by atoms with van der Waals surface area (Å²) in [5.41, 5.74) is 4.79. The van der Waals surface area contributed by atoms with Gasteiger partial charge < -0.3 is 4.98 Å². The topological polar surface area (TPSA) is 79.7 Å². The molecule has 0 aliphatic heterocycles. The third-order valence-corrected chi connectivity index (χ3v) is 6.38. The molecule has 7 heteroatoms. The van der Waals surface area contributed by atoms with Crippen LogP contribution in [-0.4, -0.2) is 30.1 Å². The number of nitrogens with one attached hydrogen (secondary N) is 1. The lowest BCUT2D eigenvalue weighted by Gasteiger charge is -2.35. The molecule has 1 unspecified atom stereocenters. The van der Waals surface area contributed by atoms with Crippen LogP contribution >= 0.6 is 0 Å². The van der Waals surface area contributed by atoms with Crippen molar-refractivity contribution in [2.24, 2.45) is 5.92 Å². The molecule has 35 heavy (non-hydrogen) atoms. The van der Waals surface area contributed by atoms with Gasteiger partial charge in [0, 0.05) is 24.2 Å². The molecule has 4 aromatic rings. The molecule has 2 heterocycles. The number of hydrogen-bond acceptors (Lipinski definition) is 5. The molecule has 2 aromatic heterocycles. The lowest BCUT2D eigenvalue weighted by Crippen LogP contribution is -2.37. The van der Waals surface area contributed by atoms with Crippen molar-refractivity contribution in [1.29, 1.82) is 0 Å². The maximum Gasteiger partial charge on any atom is 0.252 e. The van der Waals surface area contributed by atoms with Gasteiger partial charge in [-0.2, -0.15) is 0 Å². The summed E-state index contributed by atoms with van der Waals surface area (Å²) in [7, 11) is 0. The first kappa shape index (κ1) is 24.8. The highest BCUT2D eigenvalue weighted by Gasteiger charge is 2.32. The van der Waals surface area contributed by atoms with Crippen LogP contribution in [0, 0.1) is 19.8 Å². The van der Waals surface area contributed by atoms with Crippen LogP contribution in [0.15, 0.2) is 53.3 Å². The van der Waals surface area contributed by atoms with Crippen LogP contribution in [0.2, 0.25) is 0 Å². The molecule has 2 aromatic carbocycles. The van der Waals surface area contributed by atoms with Gasteiger partial charge in [0.2, 0.25) is 0 Å². The van der Waals surface area contributed by atoms with Gasteiger partial charge in [-0.15, -0.1) is 5.10 Å². The fourth-order valence-electron chi connectivity index (χ4n) is 4.62. The Morgan fingerprint density at radius 2 is 1.66 bits per heavy atom. The van der Waals surface area contributed by atoms with E-state index in [1.165, 1.54) is 11.1 Å². The molecule has 4 rings (SSSR count). The Kier molecular flexibility index (Phi) is 6.90. The highest BCUT2D eigenvalue weighted by Crippen LogP contribution is 2.32. The van der Waals surface area contributed by atoms with Crippen molar-refractivity contribution in [2.45, 2.75) is 73.1 Å². The van der Waals surface area contributed by atoms with E-state index in [1.807, 2.05) is 23.7 Å². The molecule has 1 N–H and O–H groups in total. The summed E-state index contributed by atoms with van der Waals surface area (Å²) in [5, 5.41) is 13.9. The van der Waals surface area contributed by atoms with Crippen LogP contribution in [0.1, 0.15) is 68.7 Å². The van der Waals surface area contributed by atoms with Crippen molar-refractivity contribution in [3.05, 3.63) is 87.0 Å². The largest absolute Gasteiger partial charge is 0.322 e. The van der Waals surface area contributed by atoms with Crippen LogP contribution in [0.25, 0.3) is 10.9 Å². The maximum atomic E-state index is 13.2. The second-order valence-corrected chi connectivity index (χ2v) is 10.9. The number of aromatic amines is 1. The number of benzene rings is 2. The summed E-state index contributed by atoms with van der Waals surface area (Å²) in [6.07, 6.45) is 0. The van der Waals surface area contributed by atoms with E-state index in [2.05, 4.69) is 103 Å². The molecule has 0 spiro atoms. The Labute approximate surface area is 207 Å². The standard InChI is InChI=1S/C28H36N6O/c1-18(2)25(26-30-31-32-34(26)28(5,6)7)33(16-21-11-8-19(3)9-12-21)17-23-15-22-13-10-20(4)14-24(22)29-27(23)35/h8-15,18,25H,16-17H2,1-7H3,(H,29,35). The minimum Gasteiger partial charge on any atom is -0.322 e. The van der Waals surface area contributed by atoms with Crippen LogP contribution < -0.4 is 5.56 Å². The Morgan fingerprint density at radius 1 is 0.971 bits per heavy atom. The number of rotatable bonds is 7. The molecular formula is C28H36N6O. The zero-order valence-corrected chi connectivity index (χ0v) is 21.8. The van der Waals surface area contributed by atoms with Crippen molar-refractivity contribution >= 4 is 10.9 Å². The van der Waals surface area contributed by atoms with Gasteiger partial charge in [-0.25, -0.2) is 4.68 Å². The molecule has 0 aliphatic carbocycles. The Bertz CT molecular complexity index is 1360. The monoisotopic (exact) mass is 472 g/mol. The number of nitrogens with zero attached hydrogens (tertiary/aromatic N) is 5. The zero-order valence-electron chi connectivity index (χ0n) is 21.8. The molecule has 184 valence electrons. The van der Waals surface area contributed by atoms with Crippen molar-refractivity contribution in [3.63, 3.8) is 0 Å². The number of fused-ring (bicyclic) bond motifs is 1. The minimum atomic E-state index is -0.264. The third-order valence-electron chi connectivity index (χ3n) is 6.38. The quantitative estimate of drug-likeness (QED) is 0.396. The predicted molar refractivity (Wildman–Crippen MR) is 140 cm³/mol. The normalized spacial score (nSPS) is 13.2. The third kappa shape index (κ3) is 5.51. The molecule has 0 saturated carbocycles. The fraction of sp³-hybridized carbons (Fsp3) is 0.429. The number of pyridine rings is 1. The summed E-state index contributed by atoms with van der Waals surface area (Å²) in [4.78, 5) is 18.6. The number of aromatic nitrogens is 5. The highest BCUT2D eigenvalue weighted by molar-refractivity contribution is 5.79. The molecule has 0 radical (unpaired) electrons. The molecule has 0 bridgehead atoms. The lowest BCUT2D eigenvalue weighted by molar-refractivity contribution is 0.119. The first-order valence-corrected chi connectivity index (χ1v) is 12.2. The van der Waals surface area contributed by atoms with Gasteiger partial charge in [0.05, 0.1) is 11.6 Å². The van der Waals surface area contributed by atoms with E-state index in [1.54, 1.807) is 0 Å².